The van der Waals surface area contributed by atoms with Gasteiger partial charge in [0.1, 0.15) is 11.9 Å². The number of aryl methyl sites for hydroxylation is 1. The number of benzene rings is 1. The number of aromatic nitrogens is 2. The van der Waals surface area contributed by atoms with Crippen LogP contribution in [0.5, 0.6) is 5.75 Å². The van der Waals surface area contributed by atoms with Gasteiger partial charge in [0, 0.05) is 43.5 Å². The minimum atomic E-state index is 0.213. The third-order valence-corrected chi connectivity index (χ3v) is 5.08. The van der Waals surface area contributed by atoms with E-state index in [1.807, 2.05) is 19.1 Å². The van der Waals surface area contributed by atoms with E-state index in [2.05, 4.69) is 14.9 Å². The van der Waals surface area contributed by atoms with Crippen LogP contribution in [0, 0.1) is 6.92 Å². The quantitative estimate of drug-likeness (QED) is 0.855. The molecule has 3 rings (SSSR count). The Morgan fingerprint density at radius 1 is 1.16 bits per heavy atom. The molecule has 1 aliphatic rings. The Morgan fingerprint density at radius 3 is 2.60 bits per heavy atom. The number of piperidine rings is 1. The molecule has 134 valence electrons. The van der Waals surface area contributed by atoms with Gasteiger partial charge in [0.15, 0.2) is 0 Å². The van der Waals surface area contributed by atoms with Gasteiger partial charge in [-0.1, -0.05) is 23.2 Å². The second-order valence-electron chi connectivity index (χ2n) is 6.34. The monoisotopic (exact) mass is 380 g/mol. The molecule has 0 unspecified atom stereocenters. The van der Waals surface area contributed by atoms with E-state index in [1.165, 1.54) is 0 Å². The number of hydrogen-bond donors (Lipinski definition) is 1. The molecule has 0 saturated carbocycles. The van der Waals surface area contributed by atoms with E-state index in [9.17, 15) is 0 Å². The zero-order valence-electron chi connectivity index (χ0n) is 14.2. The highest BCUT2D eigenvalue weighted by Gasteiger charge is 2.20. The summed E-state index contributed by atoms with van der Waals surface area (Å²) in [5.41, 5.74) is 7.62. The molecule has 0 aliphatic carbocycles. The van der Waals surface area contributed by atoms with Crippen LogP contribution in [0.25, 0.3) is 0 Å². The lowest BCUT2D eigenvalue weighted by atomic mass is 10.1. The molecule has 0 amide bonds. The van der Waals surface area contributed by atoms with E-state index < -0.39 is 0 Å². The van der Waals surface area contributed by atoms with Gasteiger partial charge in [0.05, 0.1) is 10.0 Å². The fourth-order valence-corrected chi connectivity index (χ4v) is 3.34. The minimum Gasteiger partial charge on any atom is -0.490 e. The summed E-state index contributed by atoms with van der Waals surface area (Å²) in [4.78, 5) is 10.8. The molecule has 1 aromatic heterocycles. The van der Waals surface area contributed by atoms with Crippen LogP contribution in [-0.4, -0.2) is 40.6 Å². The number of hydrogen-bond acceptors (Lipinski definition) is 5. The Hall–Kier alpha value is -1.56. The van der Waals surface area contributed by atoms with Crippen molar-refractivity contribution in [2.45, 2.75) is 32.3 Å². The molecular weight excluding hydrogens is 359 g/mol. The summed E-state index contributed by atoms with van der Waals surface area (Å²) in [6.45, 7) is 4.92. The fraction of sp³-hybridized carbons (Fsp3) is 0.444. The molecule has 2 aromatic rings. The molecule has 1 aliphatic heterocycles. The zero-order valence-corrected chi connectivity index (χ0v) is 15.7. The van der Waals surface area contributed by atoms with Crippen LogP contribution in [0.2, 0.25) is 10.0 Å². The number of nitrogens with zero attached hydrogens (tertiary/aromatic N) is 3. The fourth-order valence-electron chi connectivity index (χ4n) is 3.05. The summed E-state index contributed by atoms with van der Waals surface area (Å²) in [7, 11) is 0. The topological polar surface area (TPSA) is 64.3 Å². The van der Waals surface area contributed by atoms with Crippen LogP contribution < -0.4 is 10.5 Å². The minimum absolute atomic E-state index is 0.213. The molecule has 2 N–H and O–H groups in total. The summed E-state index contributed by atoms with van der Waals surface area (Å²) in [5, 5.41) is 1.07. The van der Waals surface area contributed by atoms with Crippen molar-refractivity contribution in [1.29, 1.82) is 0 Å². The van der Waals surface area contributed by atoms with Crippen molar-refractivity contribution >= 4 is 29.2 Å². The summed E-state index contributed by atoms with van der Waals surface area (Å²) < 4.78 is 6.03. The van der Waals surface area contributed by atoms with Crippen LogP contribution >= 0.6 is 23.2 Å². The summed E-state index contributed by atoms with van der Waals surface area (Å²) >= 11 is 12.0. The molecule has 1 saturated heterocycles. The largest absolute Gasteiger partial charge is 0.490 e. The lowest BCUT2D eigenvalue weighted by Gasteiger charge is -2.32. The average molecular weight is 381 g/mol. The van der Waals surface area contributed by atoms with Crippen molar-refractivity contribution in [2.24, 2.45) is 0 Å². The first-order valence-electron chi connectivity index (χ1n) is 8.44. The standard InChI is InChI=1S/C18H22Cl2N4O/c1-12-10-13(23-18(21)22-12)4-7-24-8-5-14(6-9-24)25-15-2-3-16(19)17(20)11-15/h2-3,10-11,14H,4-9H2,1H3,(H2,21,22,23). The van der Waals surface area contributed by atoms with E-state index in [1.54, 1.807) is 12.1 Å². The van der Waals surface area contributed by atoms with Crippen molar-refractivity contribution < 1.29 is 4.74 Å². The second-order valence-corrected chi connectivity index (χ2v) is 7.16. The zero-order chi connectivity index (χ0) is 17.8. The van der Waals surface area contributed by atoms with Crippen molar-refractivity contribution in [3.05, 3.63) is 45.7 Å². The van der Waals surface area contributed by atoms with Gasteiger partial charge in [-0.2, -0.15) is 0 Å². The van der Waals surface area contributed by atoms with Crippen LogP contribution in [0.3, 0.4) is 0 Å². The Bertz CT molecular complexity index is 713. The Labute approximate surface area is 158 Å². The number of ether oxygens (including phenoxy) is 1. The Morgan fingerprint density at radius 2 is 1.92 bits per heavy atom. The number of nitrogens with two attached hydrogens (primary N) is 1. The molecule has 25 heavy (non-hydrogen) atoms. The number of rotatable bonds is 5. The van der Waals surface area contributed by atoms with Crippen molar-refractivity contribution in [2.75, 3.05) is 25.4 Å². The van der Waals surface area contributed by atoms with Crippen LogP contribution in [-0.2, 0) is 6.42 Å². The number of nitrogen functional groups attached to an aromatic ring is 1. The highest BCUT2D eigenvalue weighted by molar-refractivity contribution is 6.42. The average Bonchev–Trinajstić information content (AvgIpc) is 2.57. The normalized spacial score (nSPS) is 16.1. The third kappa shape index (κ3) is 5.21. The molecule has 1 fully saturated rings. The summed E-state index contributed by atoms with van der Waals surface area (Å²) in [6, 6.07) is 7.40. The van der Waals surface area contributed by atoms with Crippen molar-refractivity contribution in [3.63, 3.8) is 0 Å². The third-order valence-electron chi connectivity index (χ3n) is 4.34. The number of anilines is 1. The van der Waals surface area contributed by atoms with E-state index in [0.29, 0.717) is 16.0 Å². The predicted molar refractivity (Wildman–Crippen MR) is 101 cm³/mol. The van der Waals surface area contributed by atoms with Gasteiger partial charge >= 0.3 is 0 Å². The van der Waals surface area contributed by atoms with Gasteiger partial charge < -0.3 is 15.4 Å². The highest BCUT2D eigenvalue weighted by Crippen LogP contribution is 2.28. The summed E-state index contributed by atoms with van der Waals surface area (Å²) in [5.74, 6) is 1.13. The Balaban J connectivity index is 1.46. The van der Waals surface area contributed by atoms with Crippen molar-refractivity contribution in [3.8, 4) is 5.75 Å². The number of halogens is 2. The van der Waals surface area contributed by atoms with Crippen LogP contribution in [0.1, 0.15) is 24.2 Å². The molecule has 2 heterocycles. The molecule has 5 nitrogen and oxygen atoms in total. The molecular formula is C18H22Cl2N4O. The van der Waals surface area contributed by atoms with Gasteiger partial charge in [-0.25, -0.2) is 9.97 Å². The van der Waals surface area contributed by atoms with Crippen LogP contribution in [0.15, 0.2) is 24.3 Å². The second kappa shape index (κ2) is 8.21. The van der Waals surface area contributed by atoms with E-state index in [0.717, 1.165) is 56.0 Å². The first-order chi connectivity index (χ1) is 12.0. The van der Waals surface area contributed by atoms with Gasteiger partial charge in [0.2, 0.25) is 5.95 Å². The predicted octanol–water partition coefficient (Wildman–Crippen LogP) is 3.76. The first kappa shape index (κ1) is 18.2. The maximum atomic E-state index is 6.04. The summed E-state index contributed by atoms with van der Waals surface area (Å²) in [6.07, 6.45) is 3.08. The van der Waals surface area contributed by atoms with Gasteiger partial charge in [-0.05, 0) is 38.0 Å². The van der Waals surface area contributed by atoms with Crippen molar-refractivity contribution in [1.82, 2.24) is 14.9 Å². The molecule has 1 aromatic carbocycles. The lowest BCUT2D eigenvalue weighted by molar-refractivity contribution is 0.101. The molecule has 0 bridgehead atoms. The molecule has 7 heteroatoms. The molecule has 0 radical (unpaired) electrons. The highest BCUT2D eigenvalue weighted by atomic mass is 35.5. The number of likely N-dealkylation sites (tertiary alicyclic amines) is 1. The van der Waals surface area contributed by atoms with E-state index >= 15 is 0 Å². The van der Waals surface area contributed by atoms with Crippen LogP contribution in [0.4, 0.5) is 5.95 Å². The van der Waals surface area contributed by atoms with E-state index in [4.69, 9.17) is 33.7 Å². The molecule has 0 spiro atoms. The Kier molecular flexibility index (Phi) is 5.99. The maximum Gasteiger partial charge on any atom is 0.220 e. The lowest BCUT2D eigenvalue weighted by Crippen LogP contribution is -2.39. The molecule has 0 atom stereocenters. The first-order valence-corrected chi connectivity index (χ1v) is 9.19. The van der Waals surface area contributed by atoms with Gasteiger partial charge in [-0.3, -0.25) is 0 Å². The smallest absolute Gasteiger partial charge is 0.220 e. The van der Waals surface area contributed by atoms with Gasteiger partial charge in [0.25, 0.3) is 0 Å². The maximum absolute atomic E-state index is 6.04. The SMILES string of the molecule is Cc1cc(CCN2CCC(Oc3ccc(Cl)c(Cl)c3)CC2)nc(N)n1. The van der Waals surface area contributed by atoms with E-state index in [-0.39, 0.29) is 6.10 Å². The van der Waals surface area contributed by atoms with Gasteiger partial charge in [-0.15, -0.1) is 0 Å².